The van der Waals surface area contributed by atoms with E-state index in [2.05, 4.69) is 10.3 Å². The molecule has 1 aliphatic carbocycles. The maximum absolute atomic E-state index is 13.3. The summed E-state index contributed by atoms with van der Waals surface area (Å²) in [5.74, 6) is 1.02. The normalized spacial score (nSPS) is 16.9. The average molecular weight is 277 g/mol. The number of nitrogens with zero attached hydrogens (tertiary/aromatic N) is 1. The van der Waals surface area contributed by atoms with Crippen LogP contribution in [0.2, 0.25) is 0 Å². The van der Waals surface area contributed by atoms with Gasteiger partial charge < -0.3 is 11.1 Å². The Kier molecular flexibility index (Phi) is 4.63. The summed E-state index contributed by atoms with van der Waals surface area (Å²) in [6, 6.07) is 6.68. The zero-order chi connectivity index (χ0) is 14.6. The van der Waals surface area contributed by atoms with E-state index in [0.29, 0.717) is 12.5 Å². The Balaban J connectivity index is 1.89. The van der Waals surface area contributed by atoms with Crippen LogP contribution in [0.15, 0.2) is 29.3 Å². The van der Waals surface area contributed by atoms with Gasteiger partial charge in [-0.15, -0.1) is 0 Å². The Morgan fingerprint density at radius 1 is 1.45 bits per heavy atom. The Morgan fingerprint density at radius 2 is 2.20 bits per heavy atom. The summed E-state index contributed by atoms with van der Waals surface area (Å²) < 4.78 is 13.3. The van der Waals surface area contributed by atoms with Gasteiger partial charge in [0.2, 0.25) is 0 Å². The van der Waals surface area contributed by atoms with E-state index in [1.54, 1.807) is 12.1 Å². The summed E-state index contributed by atoms with van der Waals surface area (Å²) in [5, 5.41) is 3.17. The molecule has 1 aromatic rings. The molecule has 1 fully saturated rings. The molecule has 0 bridgehead atoms. The van der Waals surface area contributed by atoms with E-state index in [1.807, 2.05) is 19.9 Å². The van der Waals surface area contributed by atoms with Crippen molar-refractivity contribution in [3.05, 3.63) is 35.6 Å². The lowest BCUT2D eigenvalue weighted by atomic mass is 9.85. The first kappa shape index (κ1) is 14.8. The van der Waals surface area contributed by atoms with Gasteiger partial charge in [0.05, 0.1) is 6.54 Å². The lowest BCUT2D eigenvalue weighted by Gasteiger charge is -2.26. The number of hydrogen-bond donors (Lipinski definition) is 2. The predicted molar refractivity (Wildman–Crippen MR) is 81.3 cm³/mol. The minimum Gasteiger partial charge on any atom is -0.370 e. The first-order chi connectivity index (χ1) is 9.47. The van der Waals surface area contributed by atoms with Crippen LogP contribution in [0, 0.1) is 11.7 Å². The van der Waals surface area contributed by atoms with E-state index >= 15 is 0 Å². The maximum atomic E-state index is 13.3. The van der Waals surface area contributed by atoms with E-state index in [9.17, 15) is 4.39 Å². The summed E-state index contributed by atoms with van der Waals surface area (Å²) in [5.41, 5.74) is 6.59. The third-order valence-electron chi connectivity index (χ3n) is 4.05. The summed E-state index contributed by atoms with van der Waals surface area (Å²) in [6.07, 6.45) is 3.90. The number of halogens is 1. The molecule has 110 valence electrons. The van der Waals surface area contributed by atoms with Gasteiger partial charge in [-0.05, 0) is 36.5 Å². The van der Waals surface area contributed by atoms with Gasteiger partial charge in [-0.1, -0.05) is 32.4 Å². The van der Waals surface area contributed by atoms with Crippen molar-refractivity contribution in [2.75, 3.05) is 13.1 Å². The zero-order valence-electron chi connectivity index (χ0n) is 12.3. The van der Waals surface area contributed by atoms with Crippen LogP contribution in [0.25, 0.3) is 0 Å². The third-order valence-corrected chi connectivity index (χ3v) is 4.05. The summed E-state index contributed by atoms with van der Waals surface area (Å²) in [6.45, 7) is 5.55. The Hall–Kier alpha value is -1.58. The first-order valence-corrected chi connectivity index (χ1v) is 7.27. The van der Waals surface area contributed by atoms with Crippen LogP contribution < -0.4 is 11.1 Å². The minimum atomic E-state index is -0.231. The van der Waals surface area contributed by atoms with Crippen molar-refractivity contribution in [2.45, 2.75) is 38.5 Å². The molecule has 2 rings (SSSR count). The minimum absolute atomic E-state index is 0.212. The Morgan fingerprint density at radius 3 is 2.80 bits per heavy atom. The fraction of sp³-hybridized carbons (Fsp3) is 0.562. The molecule has 0 heterocycles. The highest BCUT2D eigenvalue weighted by atomic mass is 19.1. The van der Waals surface area contributed by atoms with E-state index in [1.165, 1.54) is 25.3 Å². The van der Waals surface area contributed by atoms with E-state index in [-0.39, 0.29) is 11.2 Å². The van der Waals surface area contributed by atoms with Crippen LogP contribution >= 0.6 is 0 Å². The lowest BCUT2D eigenvalue weighted by molar-refractivity contribution is 0.315. The number of benzene rings is 1. The number of aliphatic imine (C=N–C) groups is 1. The second-order valence-corrected chi connectivity index (χ2v) is 6.27. The number of guanidine groups is 1. The summed E-state index contributed by atoms with van der Waals surface area (Å²) >= 11 is 0. The summed E-state index contributed by atoms with van der Waals surface area (Å²) in [7, 11) is 0. The van der Waals surface area contributed by atoms with Crippen LogP contribution in [-0.4, -0.2) is 19.0 Å². The van der Waals surface area contributed by atoms with Crippen molar-refractivity contribution in [3.63, 3.8) is 0 Å². The molecule has 0 radical (unpaired) electrons. The van der Waals surface area contributed by atoms with Gasteiger partial charge in [-0.3, -0.25) is 4.99 Å². The van der Waals surface area contributed by atoms with E-state index in [4.69, 9.17) is 5.73 Å². The second kappa shape index (κ2) is 6.25. The molecule has 0 aliphatic heterocycles. The van der Waals surface area contributed by atoms with Gasteiger partial charge in [0, 0.05) is 12.0 Å². The van der Waals surface area contributed by atoms with Crippen molar-refractivity contribution in [1.29, 1.82) is 0 Å². The molecule has 0 saturated heterocycles. The van der Waals surface area contributed by atoms with Crippen LogP contribution in [0.5, 0.6) is 0 Å². The van der Waals surface area contributed by atoms with E-state index in [0.717, 1.165) is 18.0 Å². The molecule has 0 atom stereocenters. The molecule has 1 aliphatic rings. The highest BCUT2D eigenvalue weighted by Crippen LogP contribution is 2.25. The van der Waals surface area contributed by atoms with E-state index < -0.39 is 0 Å². The smallest absolute Gasteiger partial charge is 0.188 e. The zero-order valence-corrected chi connectivity index (χ0v) is 12.3. The molecule has 20 heavy (non-hydrogen) atoms. The molecule has 4 heteroatoms. The molecule has 1 saturated carbocycles. The van der Waals surface area contributed by atoms with Crippen LogP contribution in [0.1, 0.15) is 38.7 Å². The Labute approximate surface area is 120 Å². The molecule has 3 N–H and O–H groups in total. The molecular formula is C16H24FN3. The molecular weight excluding hydrogens is 253 g/mol. The standard InChI is InChI=1S/C16H24FN3/c1-16(2,13-7-4-8-14(17)9-13)11-20-15(18)19-10-12-5-3-6-12/h4,7-9,12H,3,5-6,10-11H2,1-2H3,(H3,18,19,20). The van der Waals surface area contributed by atoms with Crippen molar-refractivity contribution in [2.24, 2.45) is 16.6 Å². The largest absolute Gasteiger partial charge is 0.370 e. The number of nitrogens with two attached hydrogens (primary N) is 1. The van der Waals surface area contributed by atoms with Gasteiger partial charge in [-0.25, -0.2) is 4.39 Å². The third kappa shape index (κ3) is 3.95. The number of hydrogen-bond acceptors (Lipinski definition) is 1. The lowest BCUT2D eigenvalue weighted by Crippen LogP contribution is -2.38. The fourth-order valence-corrected chi connectivity index (χ4v) is 2.29. The number of rotatable bonds is 5. The van der Waals surface area contributed by atoms with Gasteiger partial charge in [0.25, 0.3) is 0 Å². The monoisotopic (exact) mass is 277 g/mol. The second-order valence-electron chi connectivity index (χ2n) is 6.27. The van der Waals surface area contributed by atoms with Crippen molar-refractivity contribution in [3.8, 4) is 0 Å². The Bertz CT molecular complexity index is 478. The highest BCUT2D eigenvalue weighted by molar-refractivity contribution is 5.77. The van der Waals surface area contributed by atoms with Crippen LogP contribution in [-0.2, 0) is 5.41 Å². The molecule has 0 amide bonds. The first-order valence-electron chi connectivity index (χ1n) is 7.27. The topological polar surface area (TPSA) is 50.4 Å². The van der Waals surface area contributed by atoms with Crippen molar-refractivity contribution < 1.29 is 4.39 Å². The highest BCUT2D eigenvalue weighted by Gasteiger charge is 2.21. The molecule has 0 spiro atoms. The van der Waals surface area contributed by atoms with Crippen LogP contribution in [0.4, 0.5) is 4.39 Å². The number of nitrogens with one attached hydrogen (secondary N) is 1. The maximum Gasteiger partial charge on any atom is 0.188 e. The van der Waals surface area contributed by atoms with Crippen LogP contribution in [0.3, 0.4) is 0 Å². The van der Waals surface area contributed by atoms with Gasteiger partial charge in [0.15, 0.2) is 5.96 Å². The average Bonchev–Trinajstić information content (AvgIpc) is 2.35. The van der Waals surface area contributed by atoms with Crippen molar-refractivity contribution >= 4 is 5.96 Å². The fourth-order valence-electron chi connectivity index (χ4n) is 2.29. The predicted octanol–water partition coefficient (Wildman–Crippen LogP) is 2.81. The molecule has 1 aromatic carbocycles. The SMILES string of the molecule is CC(C)(CN=C(N)NCC1CCC1)c1cccc(F)c1. The molecule has 0 aromatic heterocycles. The quantitative estimate of drug-likeness (QED) is 0.642. The summed E-state index contributed by atoms with van der Waals surface area (Å²) in [4.78, 5) is 4.39. The van der Waals surface area contributed by atoms with Gasteiger partial charge in [-0.2, -0.15) is 0 Å². The molecule has 0 unspecified atom stereocenters. The molecule has 3 nitrogen and oxygen atoms in total. The van der Waals surface area contributed by atoms with Gasteiger partial charge in [0.1, 0.15) is 5.82 Å². The van der Waals surface area contributed by atoms with Gasteiger partial charge >= 0.3 is 0 Å². The van der Waals surface area contributed by atoms with Crippen molar-refractivity contribution in [1.82, 2.24) is 5.32 Å².